The summed E-state index contributed by atoms with van der Waals surface area (Å²) in [6.07, 6.45) is 13.1. The van der Waals surface area contributed by atoms with Gasteiger partial charge in [-0.3, -0.25) is 0 Å². The van der Waals surface area contributed by atoms with Gasteiger partial charge >= 0.3 is 0 Å². The third-order valence-electron chi connectivity index (χ3n) is 12.0. The predicted octanol–water partition coefficient (Wildman–Crippen LogP) is 11.9. The van der Waals surface area contributed by atoms with E-state index in [-0.39, 0.29) is 11.3 Å². The normalized spacial score (nSPS) is 11.5. The molecule has 6 heterocycles. The number of nitrogens with zero attached hydrogens (tertiary/aromatic N) is 11. The van der Waals surface area contributed by atoms with Crippen LogP contribution < -0.4 is 0 Å². The molecular weight excluding hydrogens is 886 g/mol. The van der Waals surface area contributed by atoms with Gasteiger partial charge in [0, 0.05) is 98.9 Å². The van der Waals surface area contributed by atoms with Gasteiger partial charge in [0.1, 0.15) is 0 Å². The molecule has 6 aromatic heterocycles. The molecule has 0 radical (unpaired) electrons. The van der Waals surface area contributed by atoms with Crippen LogP contribution in [0.3, 0.4) is 0 Å². The van der Waals surface area contributed by atoms with Gasteiger partial charge in [0.05, 0.1) is 50.6 Å². The molecule has 6 aromatic carbocycles. The Morgan fingerprint density at radius 1 is 0.362 bits per heavy atom. The Balaban J connectivity index is 1.23. The van der Waals surface area contributed by atoms with Crippen molar-refractivity contribution in [3.8, 4) is 74.1 Å². The maximum Gasteiger partial charge on any atom is 0.200 e. The van der Waals surface area contributed by atoms with Crippen LogP contribution in [-0.2, 0) is 0 Å². The van der Waals surface area contributed by atoms with Crippen LogP contribution in [-0.4, -0.2) is 49.0 Å². The van der Waals surface area contributed by atoms with Crippen LogP contribution in [0.5, 0.6) is 0 Å². The first kappa shape index (κ1) is 40.9. The minimum Gasteiger partial charge on any atom is -0.307 e. The highest BCUT2D eigenvalue weighted by Crippen LogP contribution is 2.44. The maximum atomic E-state index is 16.1. The van der Waals surface area contributed by atoms with Crippen molar-refractivity contribution < 1.29 is 22.0 Å². The smallest absolute Gasteiger partial charge is 0.200 e. The van der Waals surface area contributed by atoms with E-state index in [1.165, 1.54) is 12.1 Å². The summed E-state index contributed by atoms with van der Waals surface area (Å²) in [5.74, 6) is -8.99. The van der Waals surface area contributed by atoms with E-state index in [9.17, 15) is 9.65 Å². The fourth-order valence-corrected chi connectivity index (χ4v) is 8.99. The van der Waals surface area contributed by atoms with E-state index in [0.29, 0.717) is 84.1 Å². The van der Waals surface area contributed by atoms with Gasteiger partial charge < -0.3 is 9.13 Å². The second-order valence-electron chi connectivity index (χ2n) is 15.8. The highest BCUT2D eigenvalue weighted by Gasteiger charge is 2.31. The third kappa shape index (κ3) is 6.55. The first-order valence-electron chi connectivity index (χ1n) is 21.1. The Labute approximate surface area is 386 Å². The molecule has 12 rings (SSSR count). The van der Waals surface area contributed by atoms with Crippen molar-refractivity contribution in [2.24, 2.45) is 0 Å². The van der Waals surface area contributed by atoms with Crippen LogP contribution in [0.4, 0.5) is 22.0 Å². The van der Waals surface area contributed by atoms with Crippen molar-refractivity contribution in [3.05, 3.63) is 193 Å². The third-order valence-corrected chi connectivity index (χ3v) is 12.0. The van der Waals surface area contributed by atoms with Crippen molar-refractivity contribution >= 4 is 43.6 Å². The molecule has 11 nitrogen and oxygen atoms in total. The Kier molecular flexibility index (Phi) is 9.51. The molecule has 0 bridgehead atoms. The van der Waals surface area contributed by atoms with Crippen molar-refractivity contribution in [2.75, 3.05) is 0 Å². The lowest BCUT2D eigenvalue weighted by molar-refractivity contribution is 0.381. The van der Waals surface area contributed by atoms with E-state index in [0.717, 1.165) is 10.8 Å². The molecule has 0 fully saturated rings. The largest absolute Gasteiger partial charge is 0.307 e. The molecular formula is C53H26F5N11. The second kappa shape index (κ2) is 16.1. The summed E-state index contributed by atoms with van der Waals surface area (Å²) in [5.41, 5.74) is 3.48. The molecule has 16 heteroatoms. The molecule has 0 aliphatic rings. The molecule has 0 aliphatic carbocycles. The lowest BCUT2D eigenvalue weighted by atomic mass is 9.96. The molecule has 0 saturated heterocycles. The highest BCUT2D eigenvalue weighted by atomic mass is 19.2. The average molecular weight is 912 g/mol. The monoisotopic (exact) mass is 911 g/mol. The van der Waals surface area contributed by atoms with Crippen LogP contribution in [0.1, 0.15) is 5.56 Å². The number of rotatable bonds is 7. The van der Waals surface area contributed by atoms with E-state index in [1.54, 1.807) is 73.8 Å². The zero-order valence-corrected chi connectivity index (χ0v) is 35.3. The van der Waals surface area contributed by atoms with Crippen molar-refractivity contribution in [1.29, 1.82) is 5.26 Å². The van der Waals surface area contributed by atoms with E-state index >= 15 is 17.6 Å². The zero-order chi connectivity index (χ0) is 46.9. The van der Waals surface area contributed by atoms with Gasteiger partial charge in [0.15, 0.2) is 46.6 Å². The summed E-state index contributed by atoms with van der Waals surface area (Å²) in [5, 5.41) is 13.7. The molecule has 69 heavy (non-hydrogen) atoms. The van der Waals surface area contributed by atoms with E-state index in [4.69, 9.17) is 0 Å². The van der Waals surface area contributed by atoms with Crippen LogP contribution in [0.25, 0.3) is 112 Å². The molecule has 0 N–H and O–H groups in total. The zero-order valence-electron chi connectivity index (χ0n) is 35.3. The topological polar surface area (TPSA) is 137 Å². The van der Waals surface area contributed by atoms with Gasteiger partial charge in [-0.25, -0.2) is 61.8 Å². The standard InChI is InChI=1S/C53H26F5N11/c54-45-44(46(55)48(57)49(58)47(45)56)33-26-43(69-40-11-7-30(52-64-17-3-18-65-52)23-36(40)37-24-31(8-12-41(37)69)53-66-19-4-20-67-53)42(25-32(33)27-59)68-38-9-5-28(50-60-13-1-14-61-50)21-34(38)35-22-29(6-10-39(35)68)51-62-15-2-16-63-51/h1-26H. The van der Waals surface area contributed by atoms with Crippen LogP contribution in [0.2, 0.25) is 0 Å². The highest BCUT2D eigenvalue weighted by molar-refractivity contribution is 6.14. The lowest BCUT2D eigenvalue weighted by Crippen LogP contribution is -2.08. The van der Waals surface area contributed by atoms with Gasteiger partial charge in [-0.1, -0.05) is 0 Å². The molecule has 12 aromatic rings. The Hall–Kier alpha value is -9.62. The minimum atomic E-state index is -2.33. The number of aromatic nitrogens is 10. The number of hydrogen-bond acceptors (Lipinski definition) is 9. The van der Waals surface area contributed by atoms with E-state index in [2.05, 4.69) is 39.9 Å². The second-order valence-corrected chi connectivity index (χ2v) is 15.8. The lowest BCUT2D eigenvalue weighted by Gasteiger charge is -2.20. The van der Waals surface area contributed by atoms with Crippen molar-refractivity contribution in [2.45, 2.75) is 0 Å². The SMILES string of the molecule is N#Cc1cc(-n2c3ccc(-c4ncccn4)cc3c3cc(-c4ncccn4)ccc32)c(-n2c3ccc(-c4ncccn4)cc3c3cc(-c4ncccn4)ccc32)cc1-c1c(F)c(F)c(F)c(F)c1F. The quantitative estimate of drug-likeness (QED) is 0.0869. The van der Waals surface area contributed by atoms with Crippen LogP contribution in [0.15, 0.2) is 159 Å². The number of benzene rings is 6. The Bertz CT molecular complexity index is 3860. The predicted molar refractivity (Wildman–Crippen MR) is 249 cm³/mol. The summed E-state index contributed by atoms with van der Waals surface area (Å²) in [7, 11) is 0. The summed E-state index contributed by atoms with van der Waals surface area (Å²) < 4.78 is 80.8. The maximum absolute atomic E-state index is 16.1. The van der Waals surface area contributed by atoms with Gasteiger partial charge in [-0.2, -0.15) is 5.26 Å². The molecule has 0 unspecified atom stereocenters. The molecule has 0 saturated carbocycles. The average Bonchev–Trinajstić information content (AvgIpc) is 3.91. The van der Waals surface area contributed by atoms with Gasteiger partial charge in [-0.15, -0.1) is 0 Å². The fraction of sp³-hybridized carbons (Fsp3) is 0. The number of nitriles is 1. The first-order chi connectivity index (χ1) is 33.8. The molecule has 0 amide bonds. The van der Waals surface area contributed by atoms with E-state index < -0.39 is 40.2 Å². The minimum absolute atomic E-state index is 0.213. The molecule has 0 atom stereocenters. The number of fused-ring (bicyclic) bond motifs is 6. The van der Waals surface area contributed by atoms with Crippen LogP contribution >= 0.6 is 0 Å². The van der Waals surface area contributed by atoms with Crippen LogP contribution in [0, 0.1) is 40.4 Å². The van der Waals surface area contributed by atoms with Gasteiger partial charge in [0.25, 0.3) is 0 Å². The first-order valence-corrected chi connectivity index (χ1v) is 21.1. The number of hydrogen-bond donors (Lipinski definition) is 0. The summed E-state index contributed by atoms with van der Waals surface area (Å²) in [6.45, 7) is 0. The van der Waals surface area contributed by atoms with Gasteiger partial charge in [-0.05, 0) is 109 Å². The number of halogens is 5. The molecule has 0 aliphatic heterocycles. The van der Waals surface area contributed by atoms with Crippen molar-refractivity contribution in [1.82, 2.24) is 49.0 Å². The van der Waals surface area contributed by atoms with E-state index in [1.807, 2.05) is 88.0 Å². The molecule has 0 spiro atoms. The summed E-state index contributed by atoms with van der Waals surface area (Å²) >= 11 is 0. The Morgan fingerprint density at radius 3 is 0.957 bits per heavy atom. The Morgan fingerprint density at radius 2 is 0.652 bits per heavy atom. The van der Waals surface area contributed by atoms with Gasteiger partial charge in [0.2, 0.25) is 5.82 Å². The summed E-state index contributed by atoms with van der Waals surface area (Å²) in [4.78, 5) is 35.8. The summed E-state index contributed by atoms with van der Waals surface area (Å²) in [6, 6.07) is 34.0. The molecule has 328 valence electrons. The van der Waals surface area contributed by atoms with Crippen molar-refractivity contribution in [3.63, 3.8) is 0 Å². The fourth-order valence-electron chi connectivity index (χ4n) is 8.99.